The average Bonchev–Trinajstić information content (AvgIpc) is 2.75. The summed E-state index contributed by atoms with van der Waals surface area (Å²) in [5.74, 6) is 0.862. The van der Waals surface area contributed by atoms with Crippen molar-refractivity contribution in [2.45, 2.75) is 32.4 Å². The number of rotatable bonds is 6. The number of aromatic nitrogens is 2. The van der Waals surface area contributed by atoms with Crippen molar-refractivity contribution in [2.24, 2.45) is 5.73 Å². The number of para-hydroxylation sites is 2. The fourth-order valence-corrected chi connectivity index (χ4v) is 2.99. The summed E-state index contributed by atoms with van der Waals surface area (Å²) in [6.45, 7) is 2.93. The summed E-state index contributed by atoms with van der Waals surface area (Å²) in [5.41, 5.74) is 8.11. The van der Waals surface area contributed by atoms with Crippen LogP contribution < -0.4 is 5.73 Å². The van der Waals surface area contributed by atoms with Gasteiger partial charge in [0.2, 0.25) is 0 Å². The number of imidazole rings is 1. The first-order valence-corrected chi connectivity index (χ1v) is 8.87. The van der Waals surface area contributed by atoms with Gasteiger partial charge in [0.15, 0.2) is 0 Å². The van der Waals surface area contributed by atoms with Crippen LogP contribution in [0.5, 0.6) is 0 Å². The fraction of sp³-hybridized carbons (Fsp3) is 0.500. The number of benzene rings is 1. The molecule has 2 N–H and O–H groups in total. The van der Waals surface area contributed by atoms with Gasteiger partial charge < -0.3 is 10.3 Å². The van der Waals surface area contributed by atoms with Crippen LogP contribution in [0.15, 0.2) is 24.3 Å². The van der Waals surface area contributed by atoms with Crippen LogP contribution in [0.4, 0.5) is 0 Å². The molecular weight excluding hydrogens is 274 g/mol. The molecule has 0 amide bonds. The standard InChI is InChI=1S/C14H21N3O2S/c1-3-9-17-13-7-5-4-6-12(13)16-14(17)11(15)8-10-20(2,18)19/h4-7,11H,3,8-10,15H2,1-2H3. The van der Waals surface area contributed by atoms with Gasteiger partial charge in [-0.25, -0.2) is 13.4 Å². The molecular formula is C14H21N3O2S. The minimum Gasteiger partial charge on any atom is -0.327 e. The van der Waals surface area contributed by atoms with Crippen LogP contribution in [0.2, 0.25) is 0 Å². The van der Waals surface area contributed by atoms with Crippen LogP contribution in [0.1, 0.15) is 31.6 Å². The lowest BCUT2D eigenvalue weighted by Gasteiger charge is -2.13. The molecule has 110 valence electrons. The van der Waals surface area contributed by atoms with E-state index in [2.05, 4.69) is 16.5 Å². The van der Waals surface area contributed by atoms with Crippen molar-refractivity contribution in [3.63, 3.8) is 0 Å². The molecule has 1 atom stereocenters. The van der Waals surface area contributed by atoms with Gasteiger partial charge in [-0.05, 0) is 25.0 Å². The van der Waals surface area contributed by atoms with Crippen LogP contribution in [0.25, 0.3) is 11.0 Å². The second kappa shape index (κ2) is 5.93. The third kappa shape index (κ3) is 3.37. The first kappa shape index (κ1) is 15.0. The Morgan fingerprint density at radius 3 is 2.70 bits per heavy atom. The zero-order valence-corrected chi connectivity index (χ0v) is 12.7. The summed E-state index contributed by atoms with van der Waals surface area (Å²) in [6, 6.07) is 7.53. The van der Waals surface area contributed by atoms with Gasteiger partial charge >= 0.3 is 0 Å². The summed E-state index contributed by atoms with van der Waals surface area (Å²) >= 11 is 0. The fourth-order valence-electron chi connectivity index (χ4n) is 2.31. The van der Waals surface area contributed by atoms with E-state index in [0.29, 0.717) is 6.42 Å². The predicted molar refractivity (Wildman–Crippen MR) is 81.3 cm³/mol. The quantitative estimate of drug-likeness (QED) is 0.882. The van der Waals surface area contributed by atoms with Crippen molar-refractivity contribution >= 4 is 20.9 Å². The van der Waals surface area contributed by atoms with Gasteiger partial charge in [0.25, 0.3) is 0 Å². The molecule has 6 heteroatoms. The van der Waals surface area contributed by atoms with Gasteiger partial charge in [0, 0.05) is 12.8 Å². The second-order valence-corrected chi connectivity index (χ2v) is 7.40. The third-order valence-electron chi connectivity index (χ3n) is 3.26. The number of aryl methyl sites for hydroxylation is 1. The van der Waals surface area contributed by atoms with Crippen molar-refractivity contribution in [3.05, 3.63) is 30.1 Å². The molecule has 1 aromatic carbocycles. The van der Waals surface area contributed by atoms with Crippen molar-refractivity contribution < 1.29 is 8.42 Å². The first-order valence-electron chi connectivity index (χ1n) is 6.81. The molecule has 5 nitrogen and oxygen atoms in total. The highest BCUT2D eigenvalue weighted by Gasteiger charge is 2.18. The molecule has 20 heavy (non-hydrogen) atoms. The van der Waals surface area contributed by atoms with Crippen LogP contribution in [0, 0.1) is 0 Å². The van der Waals surface area contributed by atoms with Crippen LogP contribution in [-0.2, 0) is 16.4 Å². The predicted octanol–water partition coefficient (Wildman–Crippen LogP) is 1.88. The maximum absolute atomic E-state index is 11.3. The smallest absolute Gasteiger partial charge is 0.147 e. The van der Waals surface area contributed by atoms with Gasteiger partial charge in [0.05, 0.1) is 22.8 Å². The Morgan fingerprint density at radius 2 is 2.05 bits per heavy atom. The number of sulfone groups is 1. The van der Waals surface area contributed by atoms with Crippen molar-refractivity contribution in [2.75, 3.05) is 12.0 Å². The van der Waals surface area contributed by atoms with E-state index in [0.717, 1.165) is 29.8 Å². The Balaban J connectivity index is 2.34. The molecule has 1 heterocycles. The van der Waals surface area contributed by atoms with E-state index < -0.39 is 9.84 Å². The Bertz CT molecular complexity index is 692. The van der Waals surface area contributed by atoms with E-state index in [9.17, 15) is 8.42 Å². The molecule has 1 aromatic heterocycles. The summed E-state index contributed by atoms with van der Waals surface area (Å²) in [6.07, 6.45) is 2.60. The molecule has 0 aliphatic carbocycles. The highest BCUT2D eigenvalue weighted by molar-refractivity contribution is 7.90. The Morgan fingerprint density at radius 1 is 1.35 bits per heavy atom. The highest BCUT2D eigenvalue weighted by Crippen LogP contribution is 2.22. The summed E-state index contributed by atoms with van der Waals surface area (Å²) < 4.78 is 24.6. The first-order chi connectivity index (χ1) is 9.42. The summed E-state index contributed by atoms with van der Waals surface area (Å²) in [4.78, 5) is 4.58. The lowest BCUT2D eigenvalue weighted by atomic mass is 10.2. The zero-order valence-electron chi connectivity index (χ0n) is 11.9. The molecule has 0 spiro atoms. The van der Waals surface area contributed by atoms with Crippen molar-refractivity contribution in [1.82, 2.24) is 9.55 Å². The number of nitrogens with two attached hydrogens (primary N) is 1. The lowest BCUT2D eigenvalue weighted by molar-refractivity contribution is 0.563. The molecule has 2 rings (SSSR count). The average molecular weight is 295 g/mol. The number of nitrogens with zero attached hydrogens (tertiary/aromatic N) is 2. The largest absolute Gasteiger partial charge is 0.327 e. The van der Waals surface area contributed by atoms with Crippen LogP contribution in [-0.4, -0.2) is 30.0 Å². The lowest BCUT2D eigenvalue weighted by Crippen LogP contribution is -2.20. The molecule has 0 saturated carbocycles. The summed E-state index contributed by atoms with van der Waals surface area (Å²) in [5, 5.41) is 0. The van der Waals surface area contributed by atoms with E-state index >= 15 is 0 Å². The molecule has 0 radical (unpaired) electrons. The monoisotopic (exact) mass is 295 g/mol. The Labute approximate surface area is 119 Å². The number of hydrogen-bond donors (Lipinski definition) is 1. The van der Waals surface area contributed by atoms with Crippen LogP contribution in [0.3, 0.4) is 0 Å². The minimum absolute atomic E-state index is 0.0868. The normalized spacial score (nSPS) is 13.8. The van der Waals surface area contributed by atoms with Crippen molar-refractivity contribution in [1.29, 1.82) is 0 Å². The van der Waals surface area contributed by atoms with E-state index in [1.165, 1.54) is 6.26 Å². The number of fused-ring (bicyclic) bond motifs is 1. The summed E-state index contributed by atoms with van der Waals surface area (Å²) in [7, 11) is -3.00. The van der Waals surface area contributed by atoms with E-state index in [-0.39, 0.29) is 11.8 Å². The molecule has 1 unspecified atom stereocenters. The second-order valence-electron chi connectivity index (χ2n) is 5.14. The van der Waals surface area contributed by atoms with E-state index in [4.69, 9.17) is 5.73 Å². The topological polar surface area (TPSA) is 78.0 Å². The van der Waals surface area contributed by atoms with Crippen LogP contribution >= 0.6 is 0 Å². The zero-order chi connectivity index (χ0) is 14.8. The molecule has 0 aliphatic heterocycles. The van der Waals surface area contributed by atoms with Gasteiger partial charge in [-0.2, -0.15) is 0 Å². The maximum atomic E-state index is 11.3. The molecule has 0 saturated heterocycles. The van der Waals surface area contributed by atoms with E-state index in [1.54, 1.807) is 0 Å². The molecule has 2 aromatic rings. The highest BCUT2D eigenvalue weighted by atomic mass is 32.2. The molecule has 0 fully saturated rings. The third-order valence-corrected chi connectivity index (χ3v) is 4.24. The Kier molecular flexibility index (Phi) is 4.45. The Hall–Kier alpha value is -1.40. The van der Waals surface area contributed by atoms with Crippen molar-refractivity contribution in [3.8, 4) is 0 Å². The van der Waals surface area contributed by atoms with Gasteiger partial charge in [-0.1, -0.05) is 19.1 Å². The van der Waals surface area contributed by atoms with Gasteiger partial charge in [-0.3, -0.25) is 0 Å². The minimum atomic E-state index is -3.00. The van der Waals surface area contributed by atoms with Gasteiger partial charge in [-0.15, -0.1) is 0 Å². The SMILES string of the molecule is CCCn1c(C(N)CCS(C)(=O)=O)nc2ccccc21. The molecule has 0 aliphatic rings. The maximum Gasteiger partial charge on any atom is 0.147 e. The molecule has 0 bridgehead atoms. The van der Waals surface area contributed by atoms with E-state index in [1.807, 2.05) is 24.3 Å². The van der Waals surface area contributed by atoms with Gasteiger partial charge in [0.1, 0.15) is 15.7 Å². The number of hydrogen-bond acceptors (Lipinski definition) is 4.